The van der Waals surface area contributed by atoms with Crippen molar-refractivity contribution in [3.63, 3.8) is 0 Å². The largest absolute Gasteiger partial charge is 0.369 e. The van der Waals surface area contributed by atoms with E-state index in [4.69, 9.17) is 0 Å². The van der Waals surface area contributed by atoms with Crippen LogP contribution in [-0.4, -0.2) is 72.3 Å². The summed E-state index contributed by atoms with van der Waals surface area (Å²) in [5.74, 6) is -0.437. The molecule has 9 nitrogen and oxygen atoms in total. The van der Waals surface area contributed by atoms with Crippen molar-refractivity contribution in [3.8, 4) is 0 Å². The van der Waals surface area contributed by atoms with E-state index in [2.05, 4.69) is 57.6 Å². The SMILES string of the molecule is CCNC(=O)Cc1nn(CC(=O)NCCCN2CCN(c3cccc(C)c3C)CC2)c(=O)c2ccccc12. The van der Waals surface area contributed by atoms with E-state index >= 15 is 0 Å². The van der Waals surface area contributed by atoms with Gasteiger partial charge < -0.3 is 15.5 Å². The number of rotatable bonds is 10. The van der Waals surface area contributed by atoms with E-state index in [1.165, 1.54) is 21.5 Å². The van der Waals surface area contributed by atoms with E-state index in [-0.39, 0.29) is 30.3 Å². The molecule has 1 aromatic heterocycles. The maximum Gasteiger partial charge on any atom is 0.275 e. The maximum absolute atomic E-state index is 12.9. The topological polar surface area (TPSA) is 99.6 Å². The molecular formula is C29H38N6O3. The summed E-state index contributed by atoms with van der Waals surface area (Å²) in [5.41, 5.74) is 4.14. The van der Waals surface area contributed by atoms with Crippen LogP contribution in [0.4, 0.5) is 5.69 Å². The molecule has 1 aliphatic rings. The van der Waals surface area contributed by atoms with Gasteiger partial charge in [-0.05, 0) is 57.0 Å². The Hall–Kier alpha value is -3.72. The van der Waals surface area contributed by atoms with Gasteiger partial charge in [-0.1, -0.05) is 30.3 Å². The number of benzene rings is 2. The maximum atomic E-state index is 12.9. The van der Waals surface area contributed by atoms with Crippen LogP contribution in [0.25, 0.3) is 10.8 Å². The van der Waals surface area contributed by atoms with Crippen molar-refractivity contribution in [1.29, 1.82) is 0 Å². The predicted octanol–water partition coefficient (Wildman–Crippen LogP) is 2.02. The molecule has 0 aliphatic carbocycles. The number of nitrogens with one attached hydrogen (secondary N) is 2. The molecule has 0 atom stereocenters. The molecular weight excluding hydrogens is 480 g/mol. The van der Waals surface area contributed by atoms with Gasteiger partial charge in [0.05, 0.1) is 17.5 Å². The van der Waals surface area contributed by atoms with Gasteiger partial charge in [-0.2, -0.15) is 5.10 Å². The lowest BCUT2D eigenvalue weighted by Crippen LogP contribution is -2.47. The van der Waals surface area contributed by atoms with Gasteiger partial charge in [-0.25, -0.2) is 4.68 Å². The fourth-order valence-electron chi connectivity index (χ4n) is 4.97. The molecule has 2 amide bonds. The van der Waals surface area contributed by atoms with Crippen LogP contribution >= 0.6 is 0 Å². The van der Waals surface area contributed by atoms with Crippen LogP contribution in [0.5, 0.6) is 0 Å². The van der Waals surface area contributed by atoms with Crippen molar-refractivity contribution in [2.45, 2.75) is 40.2 Å². The van der Waals surface area contributed by atoms with Crippen molar-refractivity contribution < 1.29 is 9.59 Å². The molecule has 202 valence electrons. The Morgan fingerprint density at radius 3 is 2.39 bits per heavy atom. The van der Waals surface area contributed by atoms with E-state index in [0.717, 1.165) is 39.1 Å². The fraction of sp³-hybridized carbons (Fsp3) is 0.448. The second-order valence-corrected chi connectivity index (χ2v) is 9.84. The van der Waals surface area contributed by atoms with Crippen molar-refractivity contribution in [2.24, 2.45) is 0 Å². The van der Waals surface area contributed by atoms with Crippen LogP contribution in [-0.2, 0) is 22.6 Å². The standard InChI is InChI=1S/C29H38N6O3/c1-4-30-27(36)19-25-23-10-5-6-11-24(23)29(38)35(32-25)20-28(37)31-13-8-14-33-15-17-34(18-16-33)26-12-7-9-21(2)22(26)3/h5-7,9-12H,4,8,13-20H2,1-3H3,(H,30,36)(H,31,37). The predicted molar refractivity (Wildman–Crippen MR) is 151 cm³/mol. The molecule has 0 bridgehead atoms. The zero-order chi connectivity index (χ0) is 27.1. The summed E-state index contributed by atoms with van der Waals surface area (Å²) in [5, 5.41) is 11.1. The number of aryl methyl sites for hydroxylation is 1. The molecule has 1 aliphatic heterocycles. The molecule has 0 radical (unpaired) electrons. The Kier molecular flexibility index (Phi) is 9.12. The van der Waals surface area contributed by atoms with Crippen LogP contribution in [0.1, 0.15) is 30.2 Å². The summed E-state index contributed by atoms with van der Waals surface area (Å²) in [6.45, 7) is 11.9. The lowest BCUT2D eigenvalue weighted by molar-refractivity contribution is -0.122. The van der Waals surface area contributed by atoms with Crippen molar-refractivity contribution >= 4 is 28.3 Å². The van der Waals surface area contributed by atoms with Crippen molar-refractivity contribution in [1.82, 2.24) is 25.3 Å². The van der Waals surface area contributed by atoms with E-state index in [0.29, 0.717) is 29.6 Å². The van der Waals surface area contributed by atoms with Gasteiger partial charge >= 0.3 is 0 Å². The van der Waals surface area contributed by atoms with Gasteiger partial charge in [0.25, 0.3) is 5.56 Å². The monoisotopic (exact) mass is 518 g/mol. The molecule has 2 aromatic carbocycles. The summed E-state index contributed by atoms with van der Waals surface area (Å²) >= 11 is 0. The van der Waals surface area contributed by atoms with Crippen LogP contribution in [0.15, 0.2) is 47.3 Å². The van der Waals surface area contributed by atoms with E-state index in [1.54, 1.807) is 18.2 Å². The first-order chi connectivity index (χ1) is 18.4. The molecule has 0 saturated carbocycles. The third-order valence-electron chi connectivity index (χ3n) is 7.20. The van der Waals surface area contributed by atoms with Crippen LogP contribution in [0, 0.1) is 13.8 Å². The minimum atomic E-state index is -0.336. The van der Waals surface area contributed by atoms with Gasteiger partial charge in [-0.3, -0.25) is 19.3 Å². The van der Waals surface area contributed by atoms with Crippen LogP contribution in [0.3, 0.4) is 0 Å². The van der Waals surface area contributed by atoms with Crippen LogP contribution < -0.4 is 21.1 Å². The third kappa shape index (κ3) is 6.58. The number of hydrogen-bond acceptors (Lipinski definition) is 6. The highest BCUT2D eigenvalue weighted by Gasteiger charge is 2.19. The second-order valence-electron chi connectivity index (χ2n) is 9.84. The molecule has 0 spiro atoms. The van der Waals surface area contributed by atoms with Gasteiger partial charge in [-0.15, -0.1) is 0 Å². The number of aromatic nitrogens is 2. The summed E-state index contributed by atoms with van der Waals surface area (Å²) < 4.78 is 1.17. The molecule has 4 rings (SSSR count). The number of nitrogens with zero attached hydrogens (tertiary/aromatic N) is 4. The number of piperazine rings is 1. The third-order valence-corrected chi connectivity index (χ3v) is 7.20. The van der Waals surface area contributed by atoms with Crippen molar-refractivity contribution in [2.75, 3.05) is 50.7 Å². The first kappa shape index (κ1) is 27.3. The number of hydrogen-bond donors (Lipinski definition) is 2. The van der Waals surface area contributed by atoms with E-state index in [9.17, 15) is 14.4 Å². The van der Waals surface area contributed by atoms with Gasteiger partial charge in [0.1, 0.15) is 6.54 Å². The minimum absolute atomic E-state index is 0.0486. The number of carbonyl (C=O) groups excluding carboxylic acids is 2. The van der Waals surface area contributed by atoms with Gasteiger partial charge in [0.15, 0.2) is 0 Å². The zero-order valence-electron chi connectivity index (χ0n) is 22.6. The first-order valence-electron chi connectivity index (χ1n) is 13.4. The fourth-order valence-corrected chi connectivity index (χ4v) is 4.97. The number of amides is 2. The molecule has 3 aromatic rings. The average Bonchev–Trinajstić information content (AvgIpc) is 2.91. The lowest BCUT2D eigenvalue weighted by atomic mass is 10.1. The molecule has 2 N–H and O–H groups in total. The number of fused-ring (bicyclic) bond motifs is 1. The first-order valence-corrected chi connectivity index (χ1v) is 13.4. The smallest absolute Gasteiger partial charge is 0.275 e. The van der Waals surface area contributed by atoms with Crippen molar-refractivity contribution in [3.05, 3.63) is 69.6 Å². The molecule has 9 heteroatoms. The number of carbonyl (C=O) groups is 2. The Morgan fingerprint density at radius 2 is 1.66 bits per heavy atom. The molecule has 1 saturated heterocycles. The molecule has 2 heterocycles. The van der Waals surface area contributed by atoms with Gasteiger partial charge in [0.2, 0.25) is 11.8 Å². The van der Waals surface area contributed by atoms with E-state index < -0.39 is 0 Å². The second kappa shape index (κ2) is 12.7. The summed E-state index contributed by atoms with van der Waals surface area (Å²) in [6, 6.07) is 13.5. The lowest BCUT2D eigenvalue weighted by Gasteiger charge is -2.37. The summed E-state index contributed by atoms with van der Waals surface area (Å²) in [7, 11) is 0. The Balaban J connectivity index is 1.27. The quantitative estimate of drug-likeness (QED) is 0.399. The van der Waals surface area contributed by atoms with Gasteiger partial charge in [0, 0.05) is 50.3 Å². The number of likely N-dealkylation sites (N-methyl/N-ethyl adjacent to an activating group) is 1. The summed E-state index contributed by atoms with van der Waals surface area (Å²) in [6.07, 6.45) is 0.880. The number of anilines is 1. The minimum Gasteiger partial charge on any atom is -0.369 e. The molecule has 0 unspecified atom stereocenters. The van der Waals surface area contributed by atoms with Crippen LogP contribution in [0.2, 0.25) is 0 Å². The highest BCUT2D eigenvalue weighted by molar-refractivity contribution is 5.88. The normalized spacial score (nSPS) is 14.0. The van der Waals surface area contributed by atoms with E-state index in [1.807, 2.05) is 13.0 Å². The highest BCUT2D eigenvalue weighted by atomic mass is 16.2. The Bertz CT molecular complexity index is 1340. The zero-order valence-corrected chi connectivity index (χ0v) is 22.6. The molecule has 38 heavy (non-hydrogen) atoms. The average molecular weight is 519 g/mol. The highest BCUT2D eigenvalue weighted by Crippen LogP contribution is 2.23. The Morgan fingerprint density at radius 1 is 0.921 bits per heavy atom. The summed E-state index contributed by atoms with van der Waals surface area (Å²) in [4.78, 5) is 42.6. The molecule has 1 fully saturated rings. The Labute approximate surface area is 223 Å².